The molecule has 21 heavy (non-hydrogen) atoms. The van der Waals surface area contributed by atoms with Crippen LogP contribution in [0.4, 0.5) is 0 Å². The molecule has 0 radical (unpaired) electrons. The minimum atomic E-state index is -0.677. The molecule has 0 saturated carbocycles. The Bertz CT molecular complexity index is 466. The maximum absolute atomic E-state index is 12.2. The number of hydrogen-bond acceptors (Lipinski definition) is 4. The fourth-order valence-corrected chi connectivity index (χ4v) is 1.85. The maximum atomic E-state index is 12.2. The van der Waals surface area contributed by atoms with Crippen LogP contribution < -0.4 is 0 Å². The van der Waals surface area contributed by atoms with Gasteiger partial charge in [-0.05, 0) is 51.8 Å². The van der Waals surface area contributed by atoms with Crippen LogP contribution in [-0.2, 0) is 20.7 Å². The summed E-state index contributed by atoms with van der Waals surface area (Å²) in [5.41, 5.74) is 0.435. The van der Waals surface area contributed by atoms with Gasteiger partial charge in [0.2, 0.25) is 0 Å². The summed E-state index contributed by atoms with van der Waals surface area (Å²) in [6.45, 7) is 9.54. The van der Waals surface area contributed by atoms with Crippen molar-refractivity contribution in [2.75, 3.05) is 0 Å². The first-order valence-electron chi connectivity index (χ1n) is 7.39. The Hall–Kier alpha value is -1.55. The number of phenolic OH excluding ortho intramolecular Hbond substituents is 1. The lowest BCUT2D eigenvalue weighted by atomic mass is 10.0. The molecule has 118 valence electrons. The van der Waals surface area contributed by atoms with E-state index in [0.29, 0.717) is 6.42 Å². The second-order valence-corrected chi connectivity index (χ2v) is 6.08. The molecule has 0 saturated heterocycles. The van der Waals surface area contributed by atoms with Gasteiger partial charge in [-0.1, -0.05) is 19.1 Å². The van der Waals surface area contributed by atoms with Crippen LogP contribution in [0.15, 0.2) is 24.3 Å². The molecule has 0 aliphatic heterocycles. The monoisotopic (exact) mass is 294 g/mol. The first-order valence-corrected chi connectivity index (χ1v) is 7.39. The van der Waals surface area contributed by atoms with Crippen LogP contribution >= 0.6 is 0 Å². The molecule has 1 atom stereocenters. The minimum absolute atomic E-state index is 0.179. The van der Waals surface area contributed by atoms with Crippen molar-refractivity contribution in [3.05, 3.63) is 29.8 Å². The number of benzene rings is 1. The van der Waals surface area contributed by atoms with Gasteiger partial charge in [-0.25, -0.2) is 4.79 Å². The van der Waals surface area contributed by atoms with Crippen molar-refractivity contribution >= 4 is 5.97 Å². The number of hydrogen-bond donors (Lipinski definition) is 1. The van der Waals surface area contributed by atoms with Gasteiger partial charge >= 0.3 is 5.97 Å². The molecule has 4 heteroatoms. The Labute approximate surface area is 127 Å². The van der Waals surface area contributed by atoms with E-state index in [1.54, 1.807) is 18.2 Å². The summed E-state index contributed by atoms with van der Waals surface area (Å²) in [5.74, 6) is -0.187. The predicted octanol–water partition coefficient (Wildman–Crippen LogP) is 3.46. The van der Waals surface area contributed by atoms with E-state index in [1.807, 2.05) is 40.7 Å². The van der Waals surface area contributed by atoms with Gasteiger partial charge in [0.1, 0.15) is 5.75 Å². The van der Waals surface area contributed by atoms with E-state index in [1.165, 1.54) is 0 Å². The second kappa shape index (κ2) is 7.46. The molecular weight excluding hydrogens is 268 g/mol. The summed E-state index contributed by atoms with van der Waals surface area (Å²) in [6, 6.07) is 6.85. The maximum Gasteiger partial charge on any atom is 0.335 e. The summed E-state index contributed by atoms with van der Waals surface area (Å²) in [7, 11) is 0. The van der Waals surface area contributed by atoms with E-state index in [9.17, 15) is 9.90 Å². The van der Waals surface area contributed by atoms with Crippen molar-refractivity contribution in [3.63, 3.8) is 0 Å². The lowest BCUT2D eigenvalue weighted by molar-refractivity contribution is -0.171. The van der Waals surface area contributed by atoms with Crippen molar-refractivity contribution in [2.45, 2.75) is 65.3 Å². The number of phenols is 1. The fourth-order valence-electron chi connectivity index (χ4n) is 1.85. The fraction of sp³-hybridized carbons (Fsp3) is 0.588. The summed E-state index contributed by atoms with van der Waals surface area (Å²) in [4.78, 5) is 12.2. The molecule has 0 aliphatic rings. The smallest absolute Gasteiger partial charge is 0.335 e. The largest absolute Gasteiger partial charge is 0.508 e. The Kier molecular flexibility index (Phi) is 6.21. The molecule has 1 rings (SSSR count). The Morgan fingerprint density at radius 2 is 2.00 bits per heavy atom. The zero-order chi connectivity index (χ0) is 16.0. The lowest BCUT2D eigenvalue weighted by Crippen LogP contribution is -2.38. The van der Waals surface area contributed by atoms with Crippen molar-refractivity contribution in [1.29, 1.82) is 0 Å². The third kappa shape index (κ3) is 6.17. The molecule has 1 aromatic rings. The zero-order valence-corrected chi connectivity index (χ0v) is 13.6. The highest BCUT2D eigenvalue weighted by molar-refractivity contribution is 5.75. The molecule has 0 amide bonds. The summed E-state index contributed by atoms with van der Waals surface area (Å²) in [5, 5.41) is 9.53. The van der Waals surface area contributed by atoms with Crippen molar-refractivity contribution in [1.82, 2.24) is 0 Å². The molecule has 0 fully saturated rings. The van der Waals surface area contributed by atoms with Crippen molar-refractivity contribution in [2.24, 2.45) is 0 Å². The quantitative estimate of drug-likeness (QED) is 0.782. The van der Waals surface area contributed by atoms with E-state index in [2.05, 4.69) is 0 Å². The molecule has 0 spiro atoms. The van der Waals surface area contributed by atoms with Gasteiger partial charge in [0.15, 0.2) is 6.10 Å². The van der Waals surface area contributed by atoms with Gasteiger partial charge in [-0.15, -0.1) is 0 Å². The highest BCUT2D eigenvalue weighted by Crippen LogP contribution is 2.21. The number of ether oxygens (including phenoxy) is 2. The van der Waals surface area contributed by atoms with E-state index in [4.69, 9.17) is 9.47 Å². The molecule has 4 nitrogen and oxygen atoms in total. The van der Waals surface area contributed by atoms with Gasteiger partial charge in [0.25, 0.3) is 0 Å². The average Bonchev–Trinajstić information content (AvgIpc) is 2.37. The van der Waals surface area contributed by atoms with E-state index in [0.717, 1.165) is 12.0 Å². The van der Waals surface area contributed by atoms with Crippen molar-refractivity contribution in [3.8, 4) is 5.75 Å². The predicted molar refractivity (Wildman–Crippen MR) is 82.3 cm³/mol. The molecule has 1 N–H and O–H groups in total. The summed E-state index contributed by atoms with van der Waals surface area (Å²) >= 11 is 0. The number of carbonyl (C=O) groups is 1. The molecule has 0 heterocycles. The standard InChI is InChI=1S/C17H26O4/c1-6-17(4,5)21-15(16(19)20-12(2)3)11-13-8-7-9-14(18)10-13/h7-10,12,15,18H,6,11H2,1-5H3. The lowest BCUT2D eigenvalue weighted by Gasteiger charge is -2.29. The number of carbonyl (C=O) groups excluding carboxylic acids is 1. The Balaban J connectivity index is 2.88. The third-order valence-electron chi connectivity index (χ3n) is 3.26. The van der Waals surface area contributed by atoms with Crippen molar-refractivity contribution < 1.29 is 19.4 Å². The molecule has 0 aliphatic carbocycles. The van der Waals surface area contributed by atoms with E-state index >= 15 is 0 Å². The number of aromatic hydroxyl groups is 1. The number of esters is 1. The van der Waals surface area contributed by atoms with E-state index in [-0.39, 0.29) is 17.8 Å². The summed E-state index contributed by atoms with van der Waals surface area (Å²) < 4.78 is 11.2. The SMILES string of the molecule is CCC(C)(C)OC(Cc1cccc(O)c1)C(=O)OC(C)C. The normalized spacial score (nSPS) is 13.2. The Morgan fingerprint density at radius 1 is 1.33 bits per heavy atom. The highest BCUT2D eigenvalue weighted by Gasteiger charge is 2.29. The van der Waals surface area contributed by atoms with Crippen LogP contribution in [0.1, 0.15) is 46.6 Å². The topological polar surface area (TPSA) is 55.8 Å². The van der Waals surface area contributed by atoms with Crippen LogP contribution in [0.25, 0.3) is 0 Å². The highest BCUT2D eigenvalue weighted by atomic mass is 16.6. The Morgan fingerprint density at radius 3 is 2.52 bits per heavy atom. The summed E-state index contributed by atoms with van der Waals surface area (Å²) in [6.07, 6.45) is 0.309. The molecule has 0 aromatic heterocycles. The van der Waals surface area contributed by atoms with Gasteiger partial charge in [0.05, 0.1) is 11.7 Å². The van der Waals surface area contributed by atoms with Gasteiger partial charge in [-0.3, -0.25) is 0 Å². The van der Waals surface area contributed by atoms with Crippen LogP contribution in [0.2, 0.25) is 0 Å². The van der Waals surface area contributed by atoms with Crippen LogP contribution in [0.3, 0.4) is 0 Å². The second-order valence-electron chi connectivity index (χ2n) is 6.08. The minimum Gasteiger partial charge on any atom is -0.508 e. The van der Waals surface area contributed by atoms with Gasteiger partial charge < -0.3 is 14.6 Å². The van der Waals surface area contributed by atoms with Gasteiger partial charge in [-0.2, -0.15) is 0 Å². The first kappa shape index (κ1) is 17.5. The van der Waals surface area contributed by atoms with Crippen LogP contribution in [0, 0.1) is 0 Å². The average molecular weight is 294 g/mol. The molecule has 1 aromatic carbocycles. The molecule has 0 bridgehead atoms. The van der Waals surface area contributed by atoms with Crippen LogP contribution in [-0.4, -0.2) is 28.9 Å². The zero-order valence-electron chi connectivity index (χ0n) is 13.6. The molecule has 1 unspecified atom stereocenters. The number of rotatable bonds is 7. The molecular formula is C17H26O4. The third-order valence-corrected chi connectivity index (χ3v) is 3.26. The van der Waals surface area contributed by atoms with Crippen LogP contribution in [0.5, 0.6) is 5.75 Å². The van der Waals surface area contributed by atoms with Gasteiger partial charge in [0, 0.05) is 6.42 Å². The first-order chi connectivity index (χ1) is 9.73. The van der Waals surface area contributed by atoms with E-state index < -0.39 is 11.7 Å².